The molecule has 28 heavy (non-hydrogen) atoms. The Morgan fingerprint density at radius 3 is 2.50 bits per heavy atom. The minimum Gasteiger partial charge on any atom is -0.353 e. The molecule has 2 N–H and O–H groups in total. The summed E-state index contributed by atoms with van der Waals surface area (Å²) in [4.78, 5) is 14.7. The molecule has 1 atom stereocenters. The van der Waals surface area contributed by atoms with E-state index in [4.69, 9.17) is 12.2 Å². The normalized spacial score (nSPS) is 12.1. The second-order valence-corrected chi connectivity index (χ2v) is 7.39. The fourth-order valence-electron chi connectivity index (χ4n) is 3.07. The number of hydrogen-bond donors (Lipinski definition) is 2. The molecule has 3 rings (SSSR count). The van der Waals surface area contributed by atoms with E-state index in [-0.39, 0.29) is 18.5 Å². The molecule has 3 aromatic rings. The zero-order chi connectivity index (χ0) is 20.1. The van der Waals surface area contributed by atoms with E-state index >= 15 is 0 Å². The van der Waals surface area contributed by atoms with Crippen molar-refractivity contribution in [2.45, 2.75) is 19.5 Å². The number of hydrogen-bond acceptors (Lipinski definition) is 4. The van der Waals surface area contributed by atoms with Crippen molar-refractivity contribution >= 4 is 18.1 Å². The monoisotopic (exact) mass is 395 g/mol. The largest absolute Gasteiger partial charge is 0.353 e. The third-order valence-corrected chi connectivity index (χ3v) is 4.98. The summed E-state index contributed by atoms with van der Waals surface area (Å²) in [5.41, 5.74) is 3.24. The van der Waals surface area contributed by atoms with Crippen LogP contribution in [0.25, 0.3) is 11.4 Å². The van der Waals surface area contributed by atoms with Crippen LogP contribution in [0, 0.1) is 11.7 Å². The molecule has 6 nitrogen and oxygen atoms in total. The Morgan fingerprint density at radius 1 is 1.18 bits per heavy atom. The van der Waals surface area contributed by atoms with E-state index in [0.717, 1.165) is 16.7 Å². The van der Waals surface area contributed by atoms with Gasteiger partial charge in [0.05, 0.1) is 6.04 Å². The topological polar surface area (TPSA) is 66.0 Å². The molecule has 0 aliphatic rings. The average Bonchev–Trinajstić information content (AvgIpc) is 3.03. The molecule has 0 aliphatic heterocycles. The maximum Gasteiger partial charge on any atom is 0.240 e. The predicted octanol–water partition coefficient (Wildman–Crippen LogP) is 3.34. The first-order valence-corrected chi connectivity index (χ1v) is 9.57. The van der Waals surface area contributed by atoms with E-state index in [2.05, 4.69) is 32.5 Å². The predicted molar refractivity (Wildman–Crippen MR) is 113 cm³/mol. The molecule has 0 spiro atoms. The van der Waals surface area contributed by atoms with Crippen molar-refractivity contribution in [3.05, 3.63) is 70.5 Å². The summed E-state index contributed by atoms with van der Waals surface area (Å²) >= 11 is 5.33. The van der Waals surface area contributed by atoms with E-state index in [1.165, 1.54) is 0 Å². The van der Waals surface area contributed by atoms with Gasteiger partial charge in [-0.05, 0) is 38.8 Å². The van der Waals surface area contributed by atoms with Crippen LogP contribution in [0.15, 0.2) is 54.6 Å². The van der Waals surface area contributed by atoms with Crippen LogP contribution in [0.5, 0.6) is 0 Å². The molecule has 0 aliphatic carbocycles. The van der Waals surface area contributed by atoms with Crippen molar-refractivity contribution in [3.8, 4) is 11.4 Å². The van der Waals surface area contributed by atoms with Crippen molar-refractivity contribution in [1.29, 1.82) is 0 Å². The number of nitrogens with zero attached hydrogens (tertiary/aromatic N) is 3. The number of rotatable bonds is 7. The van der Waals surface area contributed by atoms with E-state index in [9.17, 15) is 4.79 Å². The highest BCUT2D eigenvalue weighted by molar-refractivity contribution is 7.71. The van der Waals surface area contributed by atoms with Gasteiger partial charge < -0.3 is 10.2 Å². The molecule has 0 radical (unpaired) electrons. The Hall–Kier alpha value is -2.77. The van der Waals surface area contributed by atoms with Crippen LogP contribution in [-0.4, -0.2) is 46.2 Å². The molecule has 0 saturated carbocycles. The van der Waals surface area contributed by atoms with Crippen LogP contribution < -0.4 is 5.32 Å². The van der Waals surface area contributed by atoms with E-state index in [0.29, 0.717) is 17.1 Å². The first kappa shape index (κ1) is 20.0. The Balaban J connectivity index is 1.71. The summed E-state index contributed by atoms with van der Waals surface area (Å²) in [6, 6.07) is 18.2. The van der Waals surface area contributed by atoms with Crippen molar-refractivity contribution in [2.75, 3.05) is 20.6 Å². The minimum atomic E-state index is -0.103. The summed E-state index contributed by atoms with van der Waals surface area (Å²) < 4.78 is 2.15. The van der Waals surface area contributed by atoms with E-state index in [1.54, 1.807) is 4.57 Å². The van der Waals surface area contributed by atoms with Crippen LogP contribution in [0.3, 0.4) is 0 Å². The highest BCUT2D eigenvalue weighted by Gasteiger charge is 2.17. The van der Waals surface area contributed by atoms with Crippen molar-refractivity contribution in [2.24, 2.45) is 0 Å². The lowest BCUT2D eigenvalue weighted by Gasteiger charge is -2.25. The SMILES string of the molecule is Cc1ccc(-c2n[nH]c(=S)n2CC(=O)NCC(c2ccccc2)N(C)C)cc1. The van der Waals surface area contributed by atoms with Crippen molar-refractivity contribution < 1.29 is 4.79 Å². The number of carbonyl (C=O) groups excluding carboxylic acids is 1. The molecular weight excluding hydrogens is 370 g/mol. The summed E-state index contributed by atoms with van der Waals surface area (Å²) in [6.45, 7) is 2.66. The fraction of sp³-hybridized carbons (Fsp3) is 0.286. The van der Waals surface area contributed by atoms with Crippen LogP contribution in [0.1, 0.15) is 17.2 Å². The van der Waals surface area contributed by atoms with Gasteiger partial charge in [0.15, 0.2) is 10.6 Å². The van der Waals surface area contributed by atoms with Gasteiger partial charge in [0.25, 0.3) is 0 Å². The van der Waals surface area contributed by atoms with Gasteiger partial charge in [-0.2, -0.15) is 5.10 Å². The highest BCUT2D eigenvalue weighted by Crippen LogP contribution is 2.19. The molecule has 0 fully saturated rings. The number of aromatic amines is 1. The molecule has 146 valence electrons. The molecule has 1 aromatic heterocycles. The molecule has 1 amide bonds. The molecule has 0 saturated heterocycles. The number of amides is 1. The summed E-state index contributed by atoms with van der Waals surface area (Å²) in [6.07, 6.45) is 0. The van der Waals surface area contributed by atoms with Gasteiger partial charge in [0, 0.05) is 12.1 Å². The van der Waals surface area contributed by atoms with Crippen molar-refractivity contribution in [3.63, 3.8) is 0 Å². The summed E-state index contributed by atoms with van der Waals surface area (Å²) in [5.74, 6) is 0.556. The lowest BCUT2D eigenvalue weighted by Crippen LogP contribution is -2.36. The third kappa shape index (κ3) is 4.74. The number of aromatic nitrogens is 3. The maximum absolute atomic E-state index is 12.6. The Kier molecular flexibility index (Phi) is 6.38. The zero-order valence-corrected chi connectivity index (χ0v) is 17.2. The second kappa shape index (κ2) is 8.95. The number of benzene rings is 2. The number of H-pyrrole nitrogens is 1. The van der Waals surface area contributed by atoms with Gasteiger partial charge in [-0.25, -0.2) is 0 Å². The van der Waals surface area contributed by atoms with Gasteiger partial charge in [-0.3, -0.25) is 14.5 Å². The first-order valence-electron chi connectivity index (χ1n) is 9.16. The smallest absolute Gasteiger partial charge is 0.240 e. The Bertz CT molecular complexity index is 976. The molecule has 7 heteroatoms. The maximum atomic E-state index is 12.6. The molecule has 1 heterocycles. The fourth-order valence-corrected chi connectivity index (χ4v) is 3.27. The van der Waals surface area contributed by atoms with E-state index < -0.39 is 0 Å². The molecule has 1 unspecified atom stereocenters. The molecular formula is C21H25N5OS. The zero-order valence-electron chi connectivity index (χ0n) is 16.3. The van der Waals surface area contributed by atoms with Gasteiger partial charge >= 0.3 is 0 Å². The molecule has 0 bridgehead atoms. The summed E-state index contributed by atoms with van der Waals surface area (Å²) in [5, 5.41) is 10.1. The summed E-state index contributed by atoms with van der Waals surface area (Å²) in [7, 11) is 4.01. The van der Waals surface area contributed by atoms with Crippen LogP contribution in [0.2, 0.25) is 0 Å². The number of nitrogens with one attached hydrogen (secondary N) is 2. The van der Waals surface area contributed by atoms with E-state index in [1.807, 2.05) is 63.5 Å². The van der Waals surface area contributed by atoms with Crippen molar-refractivity contribution in [1.82, 2.24) is 25.0 Å². The van der Waals surface area contributed by atoms with Gasteiger partial charge in [-0.1, -0.05) is 60.2 Å². The minimum absolute atomic E-state index is 0.0963. The van der Waals surface area contributed by atoms with Crippen LogP contribution in [0.4, 0.5) is 0 Å². The van der Waals surface area contributed by atoms with Gasteiger partial charge in [0.2, 0.25) is 5.91 Å². The number of aryl methyl sites for hydroxylation is 1. The lowest BCUT2D eigenvalue weighted by atomic mass is 10.1. The highest BCUT2D eigenvalue weighted by atomic mass is 32.1. The number of carbonyl (C=O) groups is 1. The number of likely N-dealkylation sites (N-methyl/N-ethyl adjacent to an activating group) is 1. The quantitative estimate of drug-likeness (QED) is 0.602. The Morgan fingerprint density at radius 2 is 1.86 bits per heavy atom. The standard InChI is InChI=1S/C21H25N5OS/c1-15-9-11-17(12-10-15)20-23-24-21(28)26(20)14-19(27)22-13-18(25(2)3)16-7-5-4-6-8-16/h4-12,18H,13-14H2,1-3H3,(H,22,27)(H,24,28). The van der Waals surface area contributed by atoms with Gasteiger partial charge in [0.1, 0.15) is 6.54 Å². The first-order chi connectivity index (χ1) is 13.5. The lowest BCUT2D eigenvalue weighted by molar-refractivity contribution is -0.121. The van der Waals surface area contributed by atoms with Gasteiger partial charge in [-0.15, -0.1) is 0 Å². The average molecular weight is 396 g/mol. The Labute approximate surface area is 170 Å². The molecule has 2 aromatic carbocycles. The van der Waals surface area contributed by atoms with Crippen LogP contribution >= 0.6 is 12.2 Å². The second-order valence-electron chi connectivity index (χ2n) is 7.00. The van der Waals surface area contributed by atoms with Crippen LogP contribution in [-0.2, 0) is 11.3 Å². The third-order valence-electron chi connectivity index (χ3n) is 4.67.